The molecule has 0 aromatic carbocycles. The van der Waals surface area contributed by atoms with Gasteiger partial charge in [0.2, 0.25) is 0 Å². The molecule has 1 aromatic rings. The number of nitrogens with zero attached hydrogens (tertiary/aromatic N) is 2. The van der Waals surface area contributed by atoms with Crippen LogP contribution in [0, 0.1) is 6.92 Å². The number of pyridine rings is 1. The van der Waals surface area contributed by atoms with E-state index in [0.29, 0.717) is 5.82 Å². The zero-order chi connectivity index (χ0) is 12.1. The molecule has 3 N–H and O–H groups in total. The molecule has 4 heteroatoms. The number of nitrogen functional groups attached to an aromatic ring is 1. The SMILES string of the molecule is CNC(CCN(C)C)c1cc(C)cnc1N. The van der Waals surface area contributed by atoms with Gasteiger partial charge in [-0.25, -0.2) is 4.98 Å². The van der Waals surface area contributed by atoms with E-state index in [1.165, 1.54) is 0 Å². The summed E-state index contributed by atoms with van der Waals surface area (Å²) in [5.41, 5.74) is 8.16. The van der Waals surface area contributed by atoms with Gasteiger partial charge in [0.1, 0.15) is 5.82 Å². The van der Waals surface area contributed by atoms with Crippen LogP contribution < -0.4 is 11.1 Å². The van der Waals surface area contributed by atoms with Gasteiger partial charge in [0.25, 0.3) is 0 Å². The highest BCUT2D eigenvalue weighted by Crippen LogP contribution is 2.22. The number of hydrogen-bond acceptors (Lipinski definition) is 4. The lowest BCUT2D eigenvalue weighted by Gasteiger charge is -2.20. The summed E-state index contributed by atoms with van der Waals surface area (Å²) in [6.07, 6.45) is 2.83. The average molecular weight is 222 g/mol. The molecule has 0 fully saturated rings. The maximum atomic E-state index is 5.91. The van der Waals surface area contributed by atoms with Crippen molar-refractivity contribution in [3.63, 3.8) is 0 Å². The smallest absolute Gasteiger partial charge is 0.128 e. The van der Waals surface area contributed by atoms with Gasteiger partial charge in [-0.15, -0.1) is 0 Å². The zero-order valence-electron chi connectivity index (χ0n) is 10.6. The highest BCUT2D eigenvalue weighted by Gasteiger charge is 2.13. The minimum atomic E-state index is 0.273. The third kappa shape index (κ3) is 3.47. The van der Waals surface area contributed by atoms with Crippen molar-refractivity contribution in [1.29, 1.82) is 0 Å². The molecule has 0 spiro atoms. The average Bonchev–Trinajstić information content (AvgIpc) is 2.23. The predicted octanol–water partition coefficient (Wildman–Crippen LogP) is 1.18. The van der Waals surface area contributed by atoms with Gasteiger partial charge < -0.3 is 16.0 Å². The molecule has 1 heterocycles. The Morgan fingerprint density at radius 3 is 2.75 bits per heavy atom. The fourth-order valence-corrected chi connectivity index (χ4v) is 1.72. The Morgan fingerprint density at radius 2 is 2.19 bits per heavy atom. The van der Waals surface area contributed by atoms with E-state index in [2.05, 4.69) is 35.4 Å². The van der Waals surface area contributed by atoms with Crippen LogP contribution in [0.25, 0.3) is 0 Å². The minimum absolute atomic E-state index is 0.273. The quantitative estimate of drug-likeness (QED) is 0.785. The van der Waals surface area contributed by atoms with Gasteiger partial charge in [0.05, 0.1) is 0 Å². The topological polar surface area (TPSA) is 54.2 Å². The lowest BCUT2D eigenvalue weighted by atomic mass is 10.0. The first-order valence-corrected chi connectivity index (χ1v) is 5.58. The second-order valence-corrected chi connectivity index (χ2v) is 4.42. The van der Waals surface area contributed by atoms with E-state index in [4.69, 9.17) is 5.73 Å². The Labute approximate surface area is 97.9 Å². The predicted molar refractivity (Wildman–Crippen MR) is 68.4 cm³/mol. The van der Waals surface area contributed by atoms with Gasteiger partial charge in [-0.05, 0) is 52.7 Å². The molecule has 0 aliphatic rings. The fraction of sp³-hybridized carbons (Fsp3) is 0.583. The van der Waals surface area contributed by atoms with Crippen LogP contribution in [-0.2, 0) is 0 Å². The molecule has 0 saturated heterocycles. The Balaban J connectivity index is 2.81. The lowest BCUT2D eigenvalue weighted by Crippen LogP contribution is -2.24. The van der Waals surface area contributed by atoms with E-state index < -0.39 is 0 Å². The summed E-state index contributed by atoms with van der Waals surface area (Å²) in [4.78, 5) is 6.37. The van der Waals surface area contributed by atoms with Crippen LogP contribution in [-0.4, -0.2) is 37.6 Å². The van der Waals surface area contributed by atoms with Crippen LogP contribution >= 0.6 is 0 Å². The molecule has 16 heavy (non-hydrogen) atoms. The molecule has 90 valence electrons. The fourth-order valence-electron chi connectivity index (χ4n) is 1.72. The Bertz CT molecular complexity index is 336. The van der Waals surface area contributed by atoms with Crippen LogP contribution in [0.2, 0.25) is 0 Å². The lowest BCUT2D eigenvalue weighted by molar-refractivity contribution is 0.368. The van der Waals surface area contributed by atoms with Crippen molar-refractivity contribution in [3.8, 4) is 0 Å². The molecular formula is C12H22N4. The van der Waals surface area contributed by atoms with E-state index in [9.17, 15) is 0 Å². The molecule has 1 atom stereocenters. The Kier molecular flexibility index (Phi) is 4.71. The summed E-state index contributed by atoms with van der Waals surface area (Å²) < 4.78 is 0. The van der Waals surface area contributed by atoms with Crippen molar-refractivity contribution < 1.29 is 0 Å². The molecule has 0 saturated carbocycles. The number of nitrogens with one attached hydrogen (secondary N) is 1. The second-order valence-electron chi connectivity index (χ2n) is 4.42. The molecule has 4 nitrogen and oxygen atoms in total. The summed E-state index contributed by atoms with van der Waals surface area (Å²) in [5, 5.41) is 3.30. The number of aryl methyl sites for hydroxylation is 1. The monoisotopic (exact) mass is 222 g/mol. The van der Waals surface area contributed by atoms with Crippen molar-refractivity contribution in [2.24, 2.45) is 0 Å². The van der Waals surface area contributed by atoms with Crippen LogP contribution in [0.1, 0.15) is 23.6 Å². The summed E-state index contributed by atoms with van der Waals surface area (Å²) in [6, 6.07) is 2.38. The highest BCUT2D eigenvalue weighted by atomic mass is 15.1. The Hall–Kier alpha value is -1.13. The third-order valence-electron chi connectivity index (χ3n) is 2.68. The number of rotatable bonds is 5. The standard InChI is InChI=1S/C12H22N4/c1-9-7-10(12(13)15-8-9)11(14-2)5-6-16(3)4/h7-8,11,14H,5-6H2,1-4H3,(H2,13,15). The molecule has 1 rings (SSSR count). The number of anilines is 1. The minimum Gasteiger partial charge on any atom is -0.383 e. The summed E-state index contributed by atoms with van der Waals surface area (Å²) in [7, 11) is 6.11. The number of hydrogen-bond donors (Lipinski definition) is 2. The molecule has 0 radical (unpaired) electrons. The van der Waals surface area contributed by atoms with Gasteiger partial charge in [-0.3, -0.25) is 0 Å². The molecular weight excluding hydrogens is 200 g/mol. The normalized spacial score (nSPS) is 13.1. The van der Waals surface area contributed by atoms with Gasteiger partial charge in [-0.1, -0.05) is 0 Å². The first-order valence-electron chi connectivity index (χ1n) is 5.58. The second kappa shape index (κ2) is 5.82. The van der Waals surface area contributed by atoms with Crippen LogP contribution in [0.5, 0.6) is 0 Å². The van der Waals surface area contributed by atoms with Crippen LogP contribution in [0.4, 0.5) is 5.82 Å². The molecule has 1 aromatic heterocycles. The number of aromatic nitrogens is 1. The zero-order valence-corrected chi connectivity index (χ0v) is 10.6. The van der Waals surface area contributed by atoms with Crippen molar-refractivity contribution in [2.75, 3.05) is 33.4 Å². The van der Waals surface area contributed by atoms with E-state index in [0.717, 1.165) is 24.1 Å². The first kappa shape index (κ1) is 12.9. The summed E-state index contributed by atoms with van der Waals surface area (Å²) >= 11 is 0. The van der Waals surface area contributed by atoms with E-state index in [-0.39, 0.29) is 6.04 Å². The largest absolute Gasteiger partial charge is 0.383 e. The van der Waals surface area contributed by atoms with Crippen molar-refractivity contribution >= 4 is 5.82 Å². The maximum Gasteiger partial charge on any atom is 0.128 e. The van der Waals surface area contributed by atoms with Gasteiger partial charge in [0, 0.05) is 17.8 Å². The van der Waals surface area contributed by atoms with Crippen molar-refractivity contribution in [3.05, 3.63) is 23.4 Å². The van der Waals surface area contributed by atoms with Crippen molar-refractivity contribution in [2.45, 2.75) is 19.4 Å². The van der Waals surface area contributed by atoms with Gasteiger partial charge in [0.15, 0.2) is 0 Å². The van der Waals surface area contributed by atoms with Gasteiger partial charge in [-0.2, -0.15) is 0 Å². The first-order chi connectivity index (χ1) is 7.54. The van der Waals surface area contributed by atoms with E-state index >= 15 is 0 Å². The molecule has 0 aliphatic heterocycles. The highest BCUT2D eigenvalue weighted by molar-refractivity contribution is 5.42. The molecule has 0 amide bonds. The maximum absolute atomic E-state index is 5.91. The van der Waals surface area contributed by atoms with Crippen LogP contribution in [0.3, 0.4) is 0 Å². The van der Waals surface area contributed by atoms with Crippen molar-refractivity contribution in [1.82, 2.24) is 15.2 Å². The van der Waals surface area contributed by atoms with Gasteiger partial charge >= 0.3 is 0 Å². The van der Waals surface area contributed by atoms with E-state index in [1.807, 2.05) is 14.0 Å². The Morgan fingerprint density at radius 1 is 1.50 bits per heavy atom. The molecule has 0 aliphatic carbocycles. The molecule has 0 bridgehead atoms. The molecule has 1 unspecified atom stereocenters. The van der Waals surface area contributed by atoms with Crippen LogP contribution in [0.15, 0.2) is 12.3 Å². The number of nitrogens with two attached hydrogens (primary N) is 1. The third-order valence-corrected chi connectivity index (χ3v) is 2.68. The van der Waals surface area contributed by atoms with E-state index in [1.54, 1.807) is 6.20 Å². The summed E-state index contributed by atoms with van der Waals surface area (Å²) in [5.74, 6) is 0.628. The summed E-state index contributed by atoms with van der Waals surface area (Å²) in [6.45, 7) is 3.06.